The molecule has 0 amide bonds. The first-order valence-electron chi connectivity index (χ1n) is 25.0. The van der Waals surface area contributed by atoms with Crippen LogP contribution in [0.15, 0.2) is 168 Å². The van der Waals surface area contributed by atoms with Crippen molar-refractivity contribution in [3.63, 3.8) is 0 Å². The van der Waals surface area contributed by atoms with Gasteiger partial charge in [0.15, 0.2) is 0 Å². The van der Waals surface area contributed by atoms with E-state index in [-0.39, 0.29) is 28.5 Å². The van der Waals surface area contributed by atoms with Crippen LogP contribution < -0.4 is 20.6 Å². The molecule has 9 aromatic rings. The van der Waals surface area contributed by atoms with Gasteiger partial charge in [-0.1, -0.05) is 165 Å². The van der Waals surface area contributed by atoms with Gasteiger partial charge < -0.3 is 14.1 Å². The van der Waals surface area contributed by atoms with E-state index in [2.05, 4.69) is 229 Å². The molecule has 2 aliphatic carbocycles. The highest BCUT2D eigenvalue weighted by Gasteiger charge is 2.49. The number of rotatable bonds is 4. The van der Waals surface area contributed by atoms with Crippen LogP contribution >= 0.6 is 0 Å². The van der Waals surface area contributed by atoms with Crippen molar-refractivity contribution in [2.75, 3.05) is 9.71 Å². The summed E-state index contributed by atoms with van der Waals surface area (Å²) in [5.41, 5.74) is 23.9. The summed E-state index contributed by atoms with van der Waals surface area (Å²) in [6, 6.07) is 62.0. The lowest BCUT2D eigenvalue weighted by Crippen LogP contribution is -2.62. The SMILES string of the molecule is CC1(C)CCC(C)(C)c2cc(N3B4c5cc6c(cc5N(c5ccc(-c7ccccc7)cc5)c5cc7oc8ccccc8c7c(c54)-c4cc(-c5ccccc5)ccc43)C(C)(C)CCC6(C)C)ccc21. The van der Waals surface area contributed by atoms with Crippen LogP contribution in [0.4, 0.5) is 28.4 Å². The van der Waals surface area contributed by atoms with Gasteiger partial charge in [0.1, 0.15) is 11.2 Å². The number of nitrogens with zero attached hydrogens (tertiary/aromatic N) is 2. The lowest BCUT2D eigenvalue weighted by atomic mass is 9.42. The number of fused-ring (bicyclic) bond motifs is 10. The van der Waals surface area contributed by atoms with Gasteiger partial charge in [-0.15, -0.1) is 0 Å². The van der Waals surface area contributed by atoms with Crippen molar-refractivity contribution in [2.45, 2.75) is 103 Å². The van der Waals surface area contributed by atoms with Crippen LogP contribution in [0.25, 0.3) is 55.3 Å². The maximum atomic E-state index is 7.03. The van der Waals surface area contributed by atoms with Crippen LogP contribution in [-0.2, 0) is 21.7 Å². The van der Waals surface area contributed by atoms with Gasteiger partial charge in [-0.2, -0.15) is 0 Å². The second kappa shape index (κ2) is 14.4. The van der Waals surface area contributed by atoms with Crippen LogP contribution in [0.3, 0.4) is 0 Å². The highest BCUT2D eigenvalue weighted by Crippen LogP contribution is 2.55. The summed E-state index contributed by atoms with van der Waals surface area (Å²) in [5, 5.41) is 2.34. The van der Waals surface area contributed by atoms with Crippen LogP contribution in [0, 0.1) is 0 Å². The molecule has 3 heterocycles. The Morgan fingerprint density at radius 2 is 0.971 bits per heavy atom. The molecule has 0 atom stereocenters. The van der Waals surface area contributed by atoms with Crippen LogP contribution in [-0.4, -0.2) is 6.85 Å². The van der Waals surface area contributed by atoms with E-state index in [1.807, 2.05) is 0 Å². The molecule has 3 nitrogen and oxygen atoms in total. The van der Waals surface area contributed by atoms with E-state index in [0.717, 1.165) is 41.5 Å². The summed E-state index contributed by atoms with van der Waals surface area (Å²) in [5.74, 6) is 0. The number of hydrogen-bond acceptors (Lipinski definition) is 3. The Kier molecular flexibility index (Phi) is 8.75. The van der Waals surface area contributed by atoms with E-state index in [0.29, 0.717) is 0 Å². The van der Waals surface area contributed by atoms with Crippen molar-refractivity contribution in [3.8, 4) is 33.4 Å². The second-order valence-electron chi connectivity index (χ2n) is 23.0. The zero-order valence-electron chi connectivity index (χ0n) is 40.8. The van der Waals surface area contributed by atoms with Gasteiger partial charge in [-0.05, 0) is 157 Å². The topological polar surface area (TPSA) is 19.6 Å². The Morgan fingerprint density at radius 3 is 1.65 bits per heavy atom. The third-order valence-electron chi connectivity index (χ3n) is 17.0. The Bertz CT molecular complexity index is 3520. The summed E-state index contributed by atoms with van der Waals surface area (Å²) in [4.78, 5) is 5.33. The summed E-state index contributed by atoms with van der Waals surface area (Å²) < 4.78 is 7.03. The number of para-hydroxylation sites is 1. The first kappa shape index (κ1) is 41.4. The third-order valence-corrected chi connectivity index (χ3v) is 17.0. The highest BCUT2D eigenvalue weighted by atomic mass is 16.3. The number of anilines is 5. The molecule has 13 rings (SSSR count). The van der Waals surface area contributed by atoms with Crippen molar-refractivity contribution in [2.24, 2.45) is 0 Å². The number of benzene rings is 8. The van der Waals surface area contributed by atoms with Gasteiger partial charge in [0.2, 0.25) is 0 Å². The second-order valence-corrected chi connectivity index (χ2v) is 23.0. The fourth-order valence-corrected chi connectivity index (χ4v) is 12.8. The minimum Gasteiger partial charge on any atom is -0.456 e. The van der Waals surface area contributed by atoms with Crippen LogP contribution in [0.5, 0.6) is 0 Å². The van der Waals surface area contributed by atoms with Crippen molar-refractivity contribution in [1.29, 1.82) is 0 Å². The number of hydrogen-bond donors (Lipinski definition) is 0. The van der Waals surface area contributed by atoms with Crippen LogP contribution in [0.1, 0.15) is 103 Å². The fraction of sp³-hybridized carbons (Fsp3) is 0.250. The van der Waals surface area contributed by atoms with Gasteiger partial charge in [0, 0.05) is 50.8 Å². The molecule has 0 N–H and O–H groups in total. The Morgan fingerprint density at radius 1 is 0.426 bits per heavy atom. The minimum atomic E-state index is -0.133. The van der Waals surface area contributed by atoms with E-state index >= 15 is 0 Å². The molecule has 0 saturated carbocycles. The predicted octanol–water partition coefficient (Wildman–Crippen LogP) is 16.3. The van der Waals surface area contributed by atoms with Crippen molar-refractivity contribution < 1.29 is 4.42 Å². The van der Waals surface area contributed by atoms with Gasteiger partial charge in [-0.3, -0.25) is 0 Å². The smallest absolute Gasteiger partial charge is 0.333 e. The predicted molar refractivity (Wildman–Crippen MR) is 289 cm³/mol. The lowest BCUT2D eigenvalue weighted by Gasteiger charge is -2.49. The molecule has 1 aromatic heterocycles. The molecule has 0 fully saturated rings. The van der Waals surface area contributed by atoms with Gasteiger partial charge in [0.05, 0.1) is 0 Å². The highest BCUT2D eigenvalue weighted by molar-refractivity contribution is 6.94. The maximum Gasteiger partial charge on any atom is 0.333 e. The van der Waals surface area contributed by atoms with Gasteiger partial charge >= 0.3 is 6.85 Å². The normalized spacial score (nSPS) is 17.9. The largest absolute Gasteiger partial charge is 0.456 e. The molecule has 0 spiro atoms. The molecule has 334 valence electrons. The Labute approximate surface area is 402 Å². The van der Waals surface area contributed by atoms with E-state index in [1.165, 1.54) is 101 Å². The molecule has 8 aromatic carbocycles. The van der Waals surface area contributed by atoms with Gasteiger partial charge in [0.25, 0.3) is 0 Å². The fourth-order valence-electron chi connectivity index (χ4n) is 12.8. The van der Waals surface area contributed by atoms with E-state index < -0.39 is 0 Å². The molecule has 4 heteroatoms. The summed E-state index contributed by atoms with van der Waals surface area (Å²) in [6.07, 6.45) is 4.64. The van der Waals surface area contributed by atoms with Crippen molar-refractivity contribution in [1.82, 2.24) is 0 Å². The van der Waals surface area contributed by atoms with Crippen molar-refractivity contribution >= 4 is 68.1 Å². The molecule has 2 aliphatic heterocycles. The third kappa shape index (κ3) is 6.05. The summed E-state index contributed by atoms with van der Waals surface area (Å²) in [7, 11) is 0. The molecule has 4 aliphatic rings. The summed E-state index contributed by atoms with van der Waals surface area (Å²) >= 11 is 0. The lowest BCUT2D eigenvalue weighted by molar-refractivity contribution is 0.332. The molecule has 0 radical (unpaired) electrons. The van der Waals surface area contributed by atoms with Crippen LogP contribution in [0.2, 0.25) is 0 Å². The average molecular weight is 883 g/mol. The first-order chi connectivity index (χ1) is 32.7. The van der Waals surface area contributed by atoms with Gasteiger partial charge in [-0.25, -0.2) is 0 Å². The molecule has 0 bridgehead atoms. The van der Waals surface area contributed by atoms with E-state index in [9.17, 15) is 0 Å². The Balaban J connectivity index is 1.18. The monoisotopic (exact) mass is 882 g/mol. The zero-order valence-corrected chi connectivity index (χ0v) is 40.8. The number of furan rings is 1. The Hall–Kier alpha value is -6.78. The zero-order chi connectivity index (χ0) is 46.5. The van der Waals surface area contributed by atoms with Crippen molar-refractivity contribution in [3.05, 3.63) is 186 Å². The quantitative estimate of drug-likeness (QED) is 0.164. The molecular weight excluding hydrogens is 824 g/mol. The van der Waals surface area contributed by atoms with E-state index in [1.54, 1.807) is 0 Å². The maximum absolute atomic E-state index is 7.03. The summed E-state index contributed by atoms with van der Waals surface area (Å²) in [6.45, 7) is 19.5. The first-order valence-corrected chi connectivity index (χ1v) is 25.0. The standard InChI is InChI=1S/C64H59BN2O/c1-61(2)31-32-62(3,4)49-36-45(28-29-48(49)61)67-53-30-25-43(41-19-13-10-14-20-41)35-47(53)59-58-46-21-15-16-22-56(46)68-57(58)39-55-60(59)65(67)52-37-50-51(64(7,8)34-33-63(50,5)6)38-54(52)66(55)44-26-23-42(24-27-44)40-17-11-9-12-18-40/h9-30,35-39H,31-34H2,1-8H3. The molecular formula is C64H59BN2O. The minimum absolute atomic E-state index is 0.0132. The average Bonchev–Trinajstić information content (AvgIpc) is 3.73. The van der Waals surface area contributed by atoms with E-state index in [4.69, 9.17) is 4.42 Å². The molecule has 0 unspecified atom stereocenters. The molecule has 68 heavy (non-hydrogen) atoms. The molecule has 0 saturated heterocycles.